The molecule has 108 valence electrons. The molecule has 0 atom stereocenters. The lowest BCUT2D eigenvalue weighted by molar-refractivity contribution is -0.133. The number of carboxylic acids is 1. The number of nitrogens with zero attached hydrogens (tertiary/aromatic N) is 3. The van der Waals surface area contributed by atoms with Crippen molar-refractivity contribution < 1.29 is 9.90 Å². The number of rotatable bonds is 9. The Bertz CT molecular complexity index is 405. The first-order valence-electron chi connectivity index (χ1n) is 6.84. The first-order chi connectivity index (χ1) is 9.06. The Balaban J connectivity index is 2.67. The van der Waals surface area contributed by atoms with Crippen LogP contribution in [-0.2, 0) is 11.2 Å². The first-order valence-corrected chi connectivity index (χ1v) is 7.83. The van der Waals surface area contributed by atoms with E-state index in [-0.39, 0.29) is 11.8 Å². The maximum absolute atomic E-state index is 10.6. The molecule has 0 saturated heterocycles. The summed E-state index contributed by atoms with van der Waals surface area (Å²) in [7, 11) is 0. The quantitative estimate of drug-likeness (QED) is 0.557. The maximum atomic E-state index is 10.6. The summed E-state index contributed by atoms with van der Waals surface area (Å²) in [5, 5.41) is 17.8. The van der Waals surface area contributed by atoms with Gasteiger partial charge in [0.1, 0.15) is 5.82 Å². The highest BCUT2D eigenvalue weighted by Crippen LogP contribution is 2.22. The van der Waals surface area contributed by atoms with Gasteiger partial charge in [-0.1, -0.05) is 37.9 Å². The summed E-state index contributed by atoms with van der Waals surface area (Å²) >= 11 is 1.24. The lowest BCUT2D eigenvalue weighted by Gasteiger charge is -2.13. The van der Waals surface area contributed by atoms with E-state index in [1.807, 2.05) is 0 Å². The average Bonchev–Trinajstić information content (AvgIpc) is 2.75. The number of hydrogen-bond acceptors (Lipinski definition) is 4. The lowest BCUT2D eigenvalue weighted by atomic mass is 10.1. The minimum absolute atomic E-state index is 0.0285. The summed E-state index contributed by atoms with van der Waals surface area (Å²) in [4.78, 5) is 10.6. The molecule has 0 bridgehead atoms. The van der Waals surface area contributed by atoms with Crippen LogP contribution >= 0.6 is 11.8 Å². The summed E-state index contributed by atoms with van der Waals surface area (Å²) in [6.45, 7) is 6.34. The summed E-state index contributed by atoms with van der Waals surface area (Å²) < 4.78 is 2.06. The largest absolute Gasteiger partial charge is 0.481 e. The molecule has 1 rings (SSSR count). The van der Waals surface area contributed by atoms with Crippen LogP contribution in [0.4, 0.5) is 0 Å². The zero-order chi connectivity index (χ0) is 14.3. The predicted molar refractivity (Wildman–Crippen MR) is 76.6 cm³/mol. The van der Waals surface area contributed by atoms with Crippen molar-refractivity contribution in [3.63, 3.8) is 0 Å². The molecule has 1 aromatic rings. The Morgan fingerprint density at radius 3 is 2.63 bits per heavy atom. The van der Waals surface area contributed by atoms with Crippen LogP contribution in [0, 0.1) is 0 Å². The molecule has 0 amide bonds. The molecule has 0 unspecified atom stereocenters. The molecule has 1 aromatic heterocycles. The number of carboxylic acid groups (broad SMARTS) is 1. The molecule has 0 saturated carbocycles. The van der Waals surface area contributed by atoms with E-state index < -0.39 is 5.97 Å². The monoisotopic (exact) mass is 285 g/mol. The number of aliphatic carboxylic acids is 1. The van der Waals surface area contributed by atoms with E-state index in [0.717, 1.165) is 18.7 Å². The van der Waals surface area contributed by atoms with Crippen LogP contribution in [0.25, 0.3) is 0 Å². The van der Waals surface area contributed by atoms with Gasteiger partial charge in [-0.05, 0) is 20.3 Å². The van der Waals surface area contributed by atoms with Gasteiger partial charge in [0.15, 0.2) is 5.16 Å². The van der Waals surface area contributed by atoms with Gasteiger partial charge in [-0.25, -0.2) is 0 Å². The summed E-state index contributed by atoms with van der Waals surface area (Å²) in [6.07, 6.45) is 5.70. The molecule has 1 N–H and O–H groups in total. The third-order valence-corrected chi connectivity index (χ3v) is 3.76. The van der Waals surface area contributed by atoms with Gasteiger partial charge in [0.2, 0.25) is 0 Å². The van der Waals surface area contributed by atoms with Crippen LogP contribution in [0.15, 0.2) is 5.16 Å². The highest BCUT2D eigenvalue weighted by atomic mass is 32.2. The van der Waals surface area contributed by atoms with E-state index in [1.54, 1.807) is 0 Å². The van der Waals surface area contributed by atoms with Crippen molar-refractivity contribution in [1.29, 1.82) is 0 Å². The Kier molecular flexibility index (Phi) is 6.91. The SMILES string of the molecule is CCCCCCc1nnc(SCC(=O)O)n1C(C)C. The van der Waals surface area contributed by atoms with Crippen LogP contribution < -0.4 is 0 Å². The van der Waals surface area contributed by atoms with E-state index in [1.165, 1.54) is 31.0 Å². The van der Waals surface area contributed by atoms with E-state index in [4.69, 9.17) is 5.11 Å². The van der Waals surface area contributed by atoms with Crippen LogP contribution in [0.3, 0.4) is 0 Å². The van der Waals surface area contributed by atoms with Crippen LogP contribution in [-0.4, -0.2) is 31.6 Å². The smallest absolute Gasteiger partial charge is 0.313 e. The van der Waals surface area contributed by atoms with Gasteiger partial charge >= 0.3 is 5.97 Å². The van der Waals surface area contributed by atoms with Crippen molar-refractivity contribution >= 4 is 17.7 Å². The Morgan fingerprint density at radius 2 is 2.05 bits per heavy atom. The van der Waals surface area contributed by atoms with Crippen LogP contribution in [0.1, 0.15) is 58.3 Å². The third-order valence-electron chi connectivity index (χ3n) is 2.83. The average molecular weight is 285 g/mol. The van der Waals surface area contributed by atoms with Gasteiger partial charge in [0.05, 0.1) is 5.75 Å². The molecule has 0 spiro atoms. The zero-order valence-electron chi connectivity index (χ0n) is 11.9. The Hall–Kier alpha value is -1.04. The van der Waals surface area contributed by atoms with Gasteiger partial charge in [0, 0.05) is 12.5 Å². The van der Waals surface area contributed by atoms with Gasteiger partial charge in [0.25, 0.3) is 0 Å². The standard InChI is InChI=1S/C13H23N3O2S/c1-4-5-6-7-8-11-14-15-13(16(11)10(2)3)19-9-12(17)18/h10H,4-9H2,1-3H3,(H,17,18). The molecule has 0 aliphatic rings. The third kappa shape index (κ3) is 5.22. The first kappa shape index (κ1) is 16.0. The normalized spacial score (nSPS) is 11.2. The predicted octanol–water partition coefficient (Wildman–Crippen LogP) is 3.16. The summed E-state index contributed by atoms with van der Waals surface area (Å²) in [5.74, 6) is 0.174. The fraction of sp³-hybridized carbons (Fsp3) is 0.769. The number of aryl methyl sites for hydroxylation is 1. The van der Waals surface area contributed by atoms with Crippen LogP contribution in [0.2, 0.25) is 0 Å². The van der Waals surface area contributed by atoms with Crippen molar-refractivity contribution in [2.45, 2.75) is 64.1 Å². The molecule has 1 heterocycles. The Labute approximate surface area is 118 Å². The fourth-order valence-corrected chi connectivity index (χ4v) is 2.74. The highest BCUT2D eigenvalue weighted by molar-refractivity contribution is 7.99. The van der Waals surface area contributed by atoms with Crippen molar-refractivity contribution in [3.8, 4) is 0 Å². The topological polar surface area (TPSA) is 68.0 Å². The minimum atomic E-state index is -0.826. The minimum Gasteiger partial charge on any atom is -0.481 e. The number of unbranched alkanes of at least 4 members (excludes halogenated alkanes) is 3. The molecule has 0 aromatic carbocycles. The van der Waals surface area contributed by atoms with E-state index in [0.29, 0.717) is 5.16 Å². The van der Waals surface area contributed by atoms with E-state index in [9.17, 15) is 4.79 Å². The second-order valence-corrected chi connectivity index (χ2v) is 5.80. The van der Waals surface area contributed by atoms with Crippen molar-refractivity contribution in [2.75, 3.05) is 5.75 Å². The lowest BCUT2D eigenvalue weighted by Crippen LogP contribution is -2.09. The molecule has 19 heavy (non-hydrogen) atoms. The Morgan fingerprint density at radius 1 is 1.32 bits per heavy atom. The molecule has 5 nitrogen and oxygen atoms in total. The fourth-order valence-electron chi connectivity index (χ4n) is 1.93. The van der Waals surface area contributed by atoms with Crippen molar-refractivity contribution in [1.82, 2.24) is 14.8 Å². The second-order valence-electron chi connectivity index (χ2n) is 4.86. The number of carbonyl (C=O) groups is 1. The summed E-state index contributed by atoms with van der Waals surface area (Å²) in [6, 6.07) is 0.257. The molecular weight excluding hydrogens is 262 g/mol. The second kappa shape index (κ2) is 8.19. The number of thioether (sulfide) groups is 1. The summed E-state index contributed by atoms with van der Waals surface area (Å²) in [5.41, 5.74) is 0. The van der Waals surface area contributed by atoms with Crippen LogP contribution in [0.5, 0.6) is 0 Å². The van der Waals surface area contributed by atoms with E-state index in [2.05, 4.69) is 35.5 Å². The zero-order valence-corrected chi connectivity index (χ0v) is 12.7. The molecule has 0 aliphatic carbocycles. The van der Waals surface area contributed by atoms with Crippen molar-refractivity contribution in [2.24, 2.45) is 0 Å². The van der Waals surface area contributed by atoms with Gasteiger partial charge in [-0.3, -0.25) is 4.79 Å². The van der Waals surface area contributed by atoms with Gasteiger partial charge in [-0.2, -0.15) is 0 Å². The number of aromatic nitrogens is 3. The molecular formula is C13H23N3O2S. The molecule has 0 fully saturated rings. The van der Waals surface area contributed by atoms with Crippen molar-refractivity contribution in [3.05, 3.63) is 5.82 Å². The maximum Gasteiger partial charge on any atom is 0.313 e. The highest BCUT2D eigenvalue weighted by Gasteiger charge is 2.15. The molecule has 6 heteroatoms. The number of hydrogen-bond donors (Lipinski definition) is 1. The molecule has 0 aliphatic heterocycles. The van der Waals surface area contributed by atoms with E-state index >= 15 is 0 Å². The van der Waals surface area contributed by atoms with Gasteiger partial charge in [-0.15, -0.1) is 10.2 Å². The molecule has 0 radical (unpaired) electrons. The van der Waals surface area contributed by atoms with Gasteiger partial charge < -0.3 is 9.67 Å².